The monoisotopic (exact) mass is 155 g/mol. The summed E-state index contributed by atoms with van der Waals surface area (Å²) in [6, 6.07) is -0.745. The van der Waals surface area contributed by atoms with Crippen LogP contribution in [0.3, 0.4) is 0 Å². The molecule has 1 aromatic heterocycles. The SMILES string of the molecule is CNC(C(=O)O)c1ncc[nH]1. The van der Waals surface area contributed by atoms with Gasteiger partial charge in [-0.25, -0.2) is 4.98 Å². The Balaban J connectivity index is 2.79. The van der Waals surface area contributed by atoms with Gasteiger partial charge in [0.2, 0.25) is 0 Å². The van der Waals surface area contributed by atoms with Crippen molar-refractivity contribution in [1.29, 1.82) is 0 Å². The van der Waals surface area contributed by atoms with E-state index in [0.717, 1.165) is 0 Å². The molecular formula is C6H9N3O2. The Kier molecular flexibility index (Phi) is 2.22. The fourth-order valence-corrected chi connectivity index (χ4v) is 0.813. The van der Waals surface area contributed by atoms with E-state index < -0.39 is 12.0 Å². The van der Waals surface area contributed by atoms with Crippen LogP contribution < -0.4 is 5.32 Å². The molecule has 0 spiro atoms. The van der Waals surface area contributed by atoms with Crippen LogP contribution in [0, 0.1) is 0 Å². The highest BCUT2D eigenvalue weighted by atomic mass is 16.4. The molecule has 0 aromatic carbocycles. The van der Waals surface area contributed by atoms with Gasteiger partial charge in [0.25, 0.3) is 0 Å². The van der Waals surface area contributed by atoms with E-state index >= 15 is 0 Å². The zero-order valence-corrected chi connectivity index (χ0v) is 6.03. The number of aromatic nitrogens is 2. The van der Waals surface area contributed by atoms with Crippen LogP contribution in [0.25, 0.3) is 0 Å². The van der Waals surface area contributed by atoms with Gasteiger partial charge in [0.05, 0.1) is 0 Å². The van der Waals surface area contributed by atoms with Gasteiger partial charge in [0.15, 0.2) is 6.04 Å². The van der Waals surface area contributed by atoms with Crippen molar-refractivity contribution in [3.63, 3.8) is 0 Å². The second kappa shape index (κ2) is 3.16. The Morgan fingerprint density at radius 3 is 3.00 bits per heavy atom. The summed E-state index contributed by atoms with van der Waals surface area (Å²) in [5, 5.41) is 11.2. The highest BCUT2D eigenvalue weighted by molar-refractivity contribution is 5.74. The summed E-state index contributed by atoms with van der Waals surface area (Å²) in [5.41, 5.74) is 0. The minimum atomic E-state index is -0.942. The molecule has 60 valence electrons. The molecule has 0 bridgehead atoms. The average molecular weight is 155 g/mol. The maximum atomic E-state index is 10.5. The molecule has 1 heterocycles. The number of carboxylic acids is 1. The molecule has 0 radical (unpaired) electrons. The Bertz CT molecular complexity index is 232. The van der Waals surface area contributed by atoms with Gasteiger partial charge in [0.1, 0.15) is 5.82 Å². The number of imidazole rings is 1. The number of likely N-dealkylation sites (N-methyl/N-ethyl adjacent to an activating group) is 1. The molecule has 0 aliphatic rings. The lowest BCUT2D eigenvalue weighted by molar-refractivity contribution is -0.139. The van der Waals surface area contributed by atoms with Gasteiger partial charge in [-0.1, -0.05) is 0 Å². The summed E-state index contributed by atoms with van der Waals surface area (Å²) in [5.74, 6) is -0.526. The van der Waals surface area contributed by atoms with E-state index in [1.54, 1.807) is 13.2 Å². The van der Waals surface area contributed by atoms with Crippen molar-refractivity contribution in [3.05, 3.63) is 18.2 Å². The molecular weight excluding hydrogens is 146 g/mol. The first kappa shape index (κ1) is 7.74. The molecule has 1 rings (SSSR count). The zero-order valence-electron chi connectivity index (χ0n) is 6.03. The van der Waals surface area contributed by atoms with Gasteiger partial charge in [-0.2, -0.15) is 0 Å². The van der Waals surface area contributed by atoms with E-state index in [0.29, 0.717) is 5.82 Å². The maximum absolute atomic E-state index is 10.5. The molecule has 5 heteroatoms. The minimum absolute atomic E-state index is 0.417. The van der Waals surface area contributed by atoms with Crippen molar-refractivity contribution < 1.29 is 9.90 Å². The molecule has 1 atom stereocenters. The third kappa shape index (κ3) is 1.56. The Labute approximate surface area is 63.5 Å². The van der Waals surface area contributed by atoms with E-state index in [1.165, 1.54) is 6.20 Å². The van der Waals surface area contributed by atoms with Crippen LogP contribution in [0.2, 0.25) is 0 Å². The smallest absolute Gasteiger partial charge is 0.328 e. The number of hydrogen-bond acceptors (Lipinski definition) is 3. The van der Waals surface area contributed by atoms with E-state index in [4.69, 9.17) is 5.11 Å². The number of rotatable bonds is 3. The van der Waals surface area contributed by atoms with Crippen LogP contribution in [-0.4, -0.2) is 28.1 Å². The Hall–Kier alpha value is -1.36. The van der Waals surface area contributed by atoms with Gasteiger partial charge in [-0.3, -0.25) is 4.79 Å². The fourth-order valence-electron chi connectivity index (χ4n) is 0.813. The van der Waals surface area contributed by atoms with Crippen molar-refractivity contribution in [2.24, 2.45) is 0 Å². The van der Waals surface area contributed by atoms with Crippen LogP contribution in [0.5, 0.6) is 0 Å². The predicted molar refractivity (Wildman–Crippen MR) is 38.0 cm³/mol. The standard InChI is InChI=1S/C6H9N3O2/c1-7-4(6(10)11)5-8-2-3-9-5/h2-4,7H,1H3,(H,8,9)(H,10,11). The minimum Gasteiger partial charge on any atom is -0.480 e. The molecule has 0 saturated heterocycles. The third-order valence-electron chi connectivity index (χ3n) is 1.33. The summed E-state index contributed by atoms with van der Waals surface area (Å²) in [6.45, 7) is 0. The molecule has 3 N–H and O–H groups in total. The number of hydrogen-bond donors (Lipinski definition) is 3. The lowest BCUT2D eigenvalue weighted by Crippen LogP contribution is -2.25. The lowest BCUT2D eigenvalue weighted by Gasteiger charge is -2.06. The van der Waals surface area contributed by atoms with Crippen molar-refractivity contribution in [1.82, 2.24) is 15.3 Å². The number of carbonyl (C=O) groups is 1. The largest absolute Gasteiger partial charge is 0.480 e. The summed E-state index contributed by atoms with van der Waals surface area (Å²) >= 11 is 0. The predicted octanol–water partition coefficient (Wildman–Crippen LogP) is -0.245. The number of nitrogens with zero attached hydrogens (tertiary/aromatic N) is 1. The molecule has 0 aliphatic heterocycles. The van der Waals surface area contributed by atoms with E-state index in [-0.39, 0.29) is 0 Å². The van der Waals surface area contributed by atoms with Gasteiger partial charge in [0, 0.05) is 12.4 Å². The summed E-state index contributed by atoms with van der Waals surface area (Å²) < 4.78 is 0. The number of carboxylic acid groups (broad SMARTS) is 1. The molecule has 0 saturated carbocycles. The molecule has 0 aliphatic carbocycles. The Morgan fingerprint density at radius 1 is 1.91 bits per heavy atom. The molecule has 5 nitrogen and oxygen atoms in total. The fraction of sp³-hybridized carbons (Fsp3) is 0.333. The van der Waals surface area contributed by atoms with Crippen molar-refractivity contribution in [2.75, 3.05) is 7.05 Å². The van der Waals surface area contributed by atoms with Crippen molar-refractivity contribution in [2.45, 2.75) is 6.04 Å². The zero-order chi connectivity index (χ0) is 8.27. The van der Waals surface area contributed by atoms with Crippen LogP contribution in [0.4, 0.5) is 0 Å². The molecule has 11 heavy (non-hydrogen) atoms. The van der Waals surface area contributed by atoms with Crippen LogP contribution in [-0.2, 0) is 4.79 Å². The summed E-state index contributed by atoms with van der Waals surface area (Å²) in [6.07, 6.45) is 3.10. The maximum Gasteiger partial charge on any atom is 0.328 e. The lowest BCUT2D eigenvalue weighted by atomic mass is 10.3. The van der Waals surface area contributed by atoms with Gasteiger partial charge in [-0.05, 0) is 7.05 Å². The first-order valence-corrected chi connectivity index (χ1v) is 3.15. The highest BCUT2D eigenvalue weighted by Crippen LogP contribution is 2.04. The third-order valence-corrected chi connectivity index (χ3v) is 1.33. The molecule has 0 amide bonds. The first-order chi connectivity index (χ1) is 5.25. The molecule has 0 fully saturated rings. The summed E-state index contributed by atoms with van der Waals surface area (Å²) in [7, 11) is 1.57. The number of nitrogens with one attached hydrogen (secondary N) is 2. The summed E-state index contributed by atoms with van der Waals surface area (Å²) in [4.78, 5) is 17.0. The van der Waals surface area contributed by atoms with E-state index in [1.807, 2.05) is 0 Å². The highest BCUT2D eigenvalue weighted by Gasteiger charge is 2.18. The van der Waals surface area contributed by atoms with Crippen LogP contribution in [0.15, 0.2) is 12.4 Å². The quantitative estimate of drug-likeness (QED) is 0.562. The second-order valence-corrected chi connectivity index (χ2v) is 2.03. The first-order valence-electron chi connectivity index (χ1n) is 3.15. The van der Waals surface area contributed by atoms with Crippen molar-refractivity contribution in [3.8, 4) is 0 Å². The topological polar surface area (TPSA) is 78.0 Å². The normalized spacial score (nSPS) is 12.8. The Morgan fingerprint density at radius 2 is 2.64 bits per heavy atom. The van der Waals surface area contributed by atoms with Crippen LogP contribution >= 0.6 is 0 Å². The van der Waals surface area contributed by atoms with Crippen LogP contribution in [0.1, 0.15) is 11.9 Å². The van der Waals surface area contributed by atoms with E-state index in [2.05, 4.69) is 15.3 Å². The second-order valence-electron chi connectivity index (χ2n) is 2.03. The van der Waals surface area contributed by atoms with E-state index in [9.17, 15) is 4.79 Å². The number of aliphatic carboxylic acids is 1. The molecule has 1 aromatic rings. The average Bonchev–Trinajstić information content (AvgIpc) is 2.40. The van der Waals surface area contributed by atoms with Gasteiger partial charge >= 0.3 is 5.97 Å². The number of H-pyrrole nitrogens is 1. The van der Waals surface area contributed by atoms with Crippen molar-refractivity contribution >= 4 is 5.97 Å². The van der Waals surface area contributed by atoms with Gasteiger partial charge in [-0.15, -0.1) is 0 Å². The van der Waals surface area contributed by atoms with Gasteiger partial charge < -0.3 is 15.4 Å². The number of aromatic amines is 1. The molecule has 1 unspecified atom stereocenters.